The monoisotopic (exact) mass is 406 g/mol. The molecule has 0 spiro atoms. The summed E-state index contributed by atoms with van der Waals surface area (Å²) in [4.78, 5) is 0. The van der Waals surface area contributed by atoms with Crippen LogP contribution >= 0.6 is 0 Å². The third-order valence-electron chi connectivity index (χ3n) is 3.97. The predicted octanol–water partition coefficient (Wildman–Crippen LogP) is -1.10. The topological polar surface area (TPSA) is 138 Å². The zero-order valence-corrected chi connectivity index (χ0v) is 16.6. The van der Waals surface area contributed by atoms with Crippen LogP contribution in [0.1, 0.15) is 38.1 Å². The second-order valence-electron chi connectivity index (χ2n) is 6.13. The highest BCUT2D eigenvalue weighted by molar-refractivity contribution is 5.63. The first kappa shape index (κ1) is 21.9. The van der Waals surface area contributed by atoms with E-state index in [4.69, 9.17) is 18.6 Å². The highest BCUT2D eigenvalue weighted by atomic mass is 35.7. The van der Waals surface area contributed by atoms with E-state index in [0.29, 0.717) is 0 Å². The molecule has 0 amide bonds. The molecule has 0 atom stereocenters. The summed E-state index contributed by atoms with van der Waals surface area (Å²) in [7, 11) is -4.94. The van der Waals surface area contributed by atoms with E-state index >= 15 is 0 Å². The van der Waals surface area contributed by atoms with Crippen LogP contribution in [0, 0.1) is 10.2 Å². The van der Waals surface area contributed by atoms with Gasteiger partial charge in [0.15, 0.2) is 0 Å². The van der Waals surface area contributed by atoms with Crippen LogP contribution in [0.25, 0.3) is 16.9 Å². The van der Waals surface area contributed by atoms with Gasteiger partial charge in [-0.25, -0.2) is 18.6 Å². The summed E-state index contributed by atoms with van der Waals surface area (Å²) >= 11 is 0. The van der Waals surface area contributed by atoms with Gasteiger partial charge in [-0.3, -0.25) is 0 Å². The number of aromatic amines is 1. The molecule has 3 aromatic rings. The molecule has 3 rings (SSSR count). The first-order valence-electron chi connectivity index (χ1n) is 8.94. The summed E-state index contributed by atoms with van der Waals surface area (Å²) < 4.78 is 36.2. The van der Waals surface area contributed by atoms with Crippen molar-refractivity contribution < 1.29 is 33.4 Å². The van der Waals surface area contributed by atoms with Crippen LogP contribution in [0.3, 0.4) is 0 Å². The van der Waals surface area contributed by atoms with E-state index in [0.717, 1.165) is 31.5 Å². The third kappa shape index (κ3) is 6.66. The molecule has 2 heterocycles. The van der Waals surface area contributed by atoms with E-state index < -0.39 is 10.2 Å². The molecule has 150 valence electrons. The molecule has 0 saturated heterocycles. The highest BCUT2D eigenvalue weighted by Crippen LogP contribution is 2.22. The van der Waals surface area contributed by atoms with Gasteiger partial charge in [-0.2, -0.15) is 4.57 Å². The molecule has 0 bridgehead atoms. The van der Waals surface area contributed by atoms with Gasteiger partial charge in [0, 0.05) is 12.8 Å². The minimum absolute atomic E-state index is 0.872. The molecular weight excluding hydrogens is 384 g/mol. The quantitative estimate of drug-likeness (QED) is 0.515. The van der Waals surface area contributed by atoms with Crippen LogP contribution < -0.4 is 23.2 Å². The molecule has 0 aliphatic carbocycles. The number of pyridine rings is 1. The molecule has 2 aromatic heterocycles. The standard InChI is InChI=1S/C19H23N4.ClHO4/c1-3-8-17-12-16(15-10-6-5-7-11-15)13-18(9-4-2)23(17)19-14-20-22-21-19;2-1(3,4)5/h5-7,10-14H,3-4,8-9H2,1-2H3,(H,20,21,22);(H,2,3,4,5)/q+1;/p-1. The van der Waals surface area contributed by atoms with Gasteiger partial charge in [-0.05, 0) is 36.1 Å². The van der Waals surface area contributed by atoms with Crippen LogP contribution in [-0.4, -0.2) is 15.4 Å². The summed E-state index contributed by atoms with van der Waals surface area (Å²) in [6.45, 7) is 4.42. The van der Waals surface area contributed by atoms with Gasteiger partial charge in [0.1, 0.15) is 17.6 Å². The third-order valence-corrected chi connectivity index (χ3v) is 3.97. The number of hydrogen-bond acceptors (Lipinski definition) is 6. The average molecular weight is 407 g/mol. The minimum Gasteiger partial charge on any atom is -0.222 e. The Morgan fingerprint density at radius 1 is 0.893 bits per heavy atom. The molecule has 0 saturated carbocycles. The Morgan fingerprint density at radius 3 is 1.86 bits per heavy atom. The fourth-order valence-corrected chi connectivity index (χ4v) is 2.99. The number of benzene rings is 1. The second kappa shape index (κ2) is 10.3. The lowest BCUT2D eigenvalue weighted by atomic mass is 10.0. The number of aryl methyl sites for hydroxylation is 2. The lowest BCUT2D eigenvalue weighted by Gasteiger charge is -2.17. The van der Waals surface area contributed by atoms with Crippen molar-refractivity contribution in [2.45, 2.75) is 39.5 Å². The van der Waals surface area contributed by atoms with Crippen molar-refractivity contribution in [2.75, 3.05) is 0 Å². The molecule has 1 aromatic carbocycles. The van der Waals surface area contributed by atoms with Crippen molar-refractivity contribution >= 4 is 0 Å². The fraction of sp³-hybridized carbons (Fsp3) is 0.316. The average Bonchev–Trinajstić information content (AvgIpc) is 3.15. The first-order chi connectivity index (χ1) is 13.3. The Kier molecular flexibility index (Phi) is 8.04. The van der Waals surface area contributed by atoms with E-state index in [-0.39, 0.29) is 0 Å². The highest BCUT2D eigenvalue weighted by Gasteiger charge is 2.20. The van der Waals surface area contributed by atoms with Crippen molar-refractivity contribution in [3.05, 3.63) is 60.0 Å². The first-order valence-corrected chi connectivity index (χ1v) is 10.2. The predicted molar refractivity (Wildman–Crippen MR) is 91.3 cm³/mol. The van der Waals surface area contributed by atoms with Gasteiger partial charge in [-0.15, -0.1) is 20.6 Å². The number of rotatable bonds is 6. The second-order valence-corrected chi connectivity index (χ2v) is 6.89. The smallest absolute Gasteiger partial charge is 0.222 e. The molecule has 0 aliphatic heterocycles. The number of aromatic nitrogens is 4. The molecule has 0 aliphatic rings. The number of halogens is 1. The zero-order valence-electron chi connectivity index (χ0n) is 15.8. The van der Waals surface area contributed by atoms with Crippen molar-refractivity contribution in [2.24, 2.45) is 0 Å². The molecule has 0 radical (unpaired) electrons. The van der Waals surface area contributed by atoms with Crippen molar-refractivity contribution in [1.29, 1.82) is 0 Å². The van der Waals surface area contributed by atoms with Crippen LogP contribution in [0.15, 0.2) is 48.7 Å². The minimum atomic E-state index is -4.94. The summed E-state index contributed by atoms with van der Waals surface area (Å²) in [5.41, 5.74) is 5.10. The van der Waals surface area contributed by atoms with E-state index in [9.17, 15) is 0 Å². The zero-order chi connectivity index (χ0) is 20.6. The molecule has 28 heavy (non-hydrogen) atoms. The van der Waals surface area contributed by atoms with Crippen LogP contribution in [0.2, 0.25) is 0 Å². The number of nitrogens with one attached hydrogen (secondary N) is 1. The Hall–Kier alpha value is -2.36. The normalized spacial score (nSPS) is 11.1. The van der Waals surface area contributed by atoms with Crippen LogP contribution in [0.4, 0.5) is 0 Å². The van der Waals surface area contributed by atoms with E-state index in [1.807, 2.05) is 0 Å². The summed E-state index contributed by atoms with van der Waals surface area (Å²) in [6.07, 6.45) is 6.03. The largest absolute Gasteiger partial charge is 0.375 e. The van der Waals surface area contributed by atoms with E-state index in [2.05, 4.69) is 76.3 Å². The van der Waals surface area contributed by atoms with Crippen molar-refractivity contribution in [3.8, 4) is 16.9 Å². The van der Waals surface area contributed by atoms with Gasteiger partial charge >= 0.3 is 5.82 Å². The maximum absolute atomic E-state index is 8.49. The molecule has 1 N–H and O–H groups in total. The lowest BCUT2D eigenvalue weighted by molar-refractivity contribution is -2.00. The molecular formula is C19H23ClN4O4. The fourth-order valence-electron chi connectivity index (χ4n) is 2.99. The van der Waals surface area contributed by atoms with Gasteiger partial charge in [-0.1, -0.05) is 44.2 Å². The lowest BCUT2D eigenvalue weighted by Crippen LogP contribution is -2.68. The van der Waals surface area contributed by atoms with Crippen LogP contribution in [0.5, 0.6) is 0 Å². The summed E-state index contributed by atoms with van der Waals surface area (Å²) in [5.74, 6) is 0.872. The van der Waals surface area contributed by atoms with Gasteiger partial charge in [0.05, 0.1) is 5.10 Å². The van der Waals surface area contributed by atoms with Gasteiger partial charge in [0.25, 0.3) is 0 Å². The molecule has 9 heteroatoms. The number of H-pyrrole nitrogens is 1. The number of hydrogen-bond donors (Lipinski definition) is 1. The molecule has 8 nitrogen and oxygen atoms in total. The van der Waals surface area contributed by atoms with Gasteiger partial charge < -0.3 is 0 Å². The Bertz CT molecular complexity index is 819. The summed E-state index contributed by atoms with van der Waals surface area (Å²) in [6, 6.07) is 15.1. The maximum Gasteiger partial charge on any atom is 0.375 e. The van der Waals surface area contributed by atoms with Crippen molar-refractivity contribution in [1.82, 2.24) is 15.4 Å². The number of nitrogens with zero attached hydrogens (tertiary/aromatic N) is 3. The van der Waals surface area contributed by atoms with E-state index in [1.54, 1.807) is 6.20 Å². The molecule has 0 fully saturated rings. The van der Waals surface area contributed by atoms with Gasteiger partial charge in [0.2, 0.25) is 0 Å². The Morgan fingerprint density at radius 2 is 1.43 bits per heavy atom. The Balaban J connectivity index is 0.000000500. The Labute approximate surface area is 165 Å². The molecule has 0 unspecified atom stereocenters. The van der Waals surface area contributed by atoms with Crippen molar-refractivity contribution in [3.63, 3.8) is 0 Å². The van der Waals surface area contributed by atoms with Crippen LogP contribution in [-0.2, 0) is 12.8 Å². The maximum atomic E-state index is 8.49. The van der Waals surface area contributed by atoms with E-state index in [1.165, 1.54) is 22.5 Å². The summed E-state index contributed by atoms with van der Waals surface area (Å²) in [5, 5.41) is 11.0. The SMILES string of the molecule is CCCc1cc(-c2ccccc2)cc(CCC)[n+]1-c1cn[nH]n1.[O-][Cl+3]([O-])([O-])[O-].